The highest BCUT2D eigenvalue weighted by Gasteiger charge is 2.20. The maximum absolute atomic E-state index is 5.90. The zero-order chi connectivity index (χ0) is 13.2. The predicted octanol–water partition coefficient (Wildman–Crippen LogP) is 1.47. The summed E-state index contributed by atoms with van der Waals surface area (Å²) >= 11 is 1.59. The summed E-state index contributed by atoms with van der Waals surface area (Å²) < 4.78 is 5.18. The molecule has 6 nitrogen and oxygen atoms in total. The Hall–Kier alpha value is -1.60. The lowest BCUT2D eigenvalue weighted by atomic mass is 10.1. The molecule has 2 aromatic heterocycles. The summed E-state index contributed by atoms with van der Waals surface area (Å²) in [6.45, 7) is 1.85. The maximum Gasteiger partial charge on any atom is 0.245 e. The minimum atomic E-state index is 0.316. The van der Waals surface area contributed by atoms with Crippen molar-refractivity contribution in [2.45, 2.75) is 18.9 Å². The monoisotopic (exact) mass is 279 g/mol. The van der Waals surface area contributed by atoms with E-state index in [9.17, 15) is 0 Å². The fraction of sp³-hybridized carbons (Fsp3) is 0.500. The number of nitrogens with one attached hydrogen (secondary N) is 1. The van der Waals surface area contributed by atoms with E-state index in [1.54, 1.807) is 18.4 Å². The fourth-order valence-corrected chi connectivity index (χ4v) is 2.95. The summed E-state index contributed by atoms with van der Waals surface area (Å²) in [4.78, 5) is 7.76. The van der Waals surface area contributed by atoms with Gasteiger partial charge in [-0.1, -0.05) is 0 Å². The minimum absolute atomic E-state index is 0.316. The fourth-order valence-electron chi connectivity index (χ4n) is 2.15. The van der Waals surface area contributed by atoms with E-state index in [0.29, 0.717) is 6.04 Å². The van der Waals surface area contributed by atoms with Crippen LogP contribution in [-0.2, 0) is 0 Å². The first-order valence-corrected chi connectivity index (χ1v) is 7.20. The summed E-state index contributed by atoms with van der Waals surface area (Å²) in [6.07, 6.45) is 1.99. The summed E-state index contributed by atoms with van der Waals surface area (Å²) in [7, 11) is 1.66. The zero-order valence-corrected chi connectivity index (χ0v) is 11.6. The van der Waals surface area contributed by atoms with Crippen LogP contribution in [-0.4, -0.2) is 41.4 Å². The summed E-state index contributed by atoms with van der Waals surface area (Å²) in [5, 5.41) is 9.24. The number of anilines is 1. The van der Waals surface area contributed by atoms with Gasteiger partial charge in [0.1, 0.15) is 5.75 Å². The van der Waals surface area contributed by atoms with Gasteiger partial charge in [-0.2, -0.15) is 4.98 Å². The molecule has 102 valence electrons. The Labute approximate surface area is 115 Å². The first kappa shape index (κ1) is 12.4. The van der Waals surface area contributed by atoms with E-state index in [0.717, 1.165) is 48.3 Å². The molecule has 1 aliphatic heterocycles. The van der Waals surface area contributed by atoms with Gasteiger partial charge in [0.15, 0.2) is 5.82 Å². The lowest BCUT2D eigenvalue weighted by molar-refractivity contribution is 0.417. The molecule has 1 fully saturated rings. The standard InChI is InChI=1S/C12H17N5OS/c1-18-9-6-10(19-7-9)11-14-12(16-15-11)17-4-2-8(13)3-5-17/h6-8H,2-5,13H2,1H3,(H,14,15,16). The molecule has 0 aliphatic carbocycles. The van der Waals surface area contributed by atoms with Crippen LogP contribution in [0.2, 0.25) is 0 Å². The predicted molar refractivity (Wildman–Crippen MR) is 75.7 cm³/mol. The van der Waals surface area contributed by atoms with Crippen molar-refractivity contribution in [3.63, 3.8) is 0 Å². The van der Waals surface area contributed by atoms with Crippen molar-refractivity contribution >= 4 is 17.3 Å². The van der Waals surface area contributed by atoms with E-state index in [-0.39, 0.29) is 0 Å². The molecule has 3 N–H and O–H groups in total. The number of piperidine rings is 1. The Morgan fingerprint density at radius 3 is 2.95 bits per heavy atom. The molecule has 0 saturated carbocycles. The van der Waals surface area contributed by atoms with Crippen LogP contribution in [0.4, 0.5) is 5.95 Å². The molecule has 0 atom stereocenters. The number of hydrogen-bond acceptors (Lipinski definition) is 6. The molecule has 0 radical (unpaired) electrons. The number of nitrogens with zero attached hydrogens (tertiary/aromatic N) is 3. The van der Waals surface area contributed by atoms with Crippen LogP contribution in [0, 0.1) is 0 Å². The second-order valence-corrected chi connectivity index (χ2v) is 5.57. The number of thiophene rings is 1. The van der Waals surface area contributed by atoms with Crippen LogP contribution in [0.5, 0.6) is 5.75 Å². The van der Waals surface area contributed by atoms with Gasteiger partial charge < -0.3 is 15.4 Å². The largest absolute Gasteiger partial charge is 0.496 e. The molecule has 3 rings (SSSR count). The number of H-pyrrole nitrogens is 1. The zero-order valence-electron chi connectivity index (χ0n) is 10.8. The molecule has 1 saturated heterocycles. The van der Waals surface area contributed by atoms with E-state index >= 15 is 0 Å². The molecular formula is C12H17N5OS. The molecule has 0 bridgehead atoms. The Morgan fingerprint density at radius 1 is 1.47 bits per heavy atom. The molecule has 1 aliphatic rings. The molecule has 7 heteroatoms. The highest BCUT2D eigenvalue weighted by Crippen LogP contribution is 2.29. The molecule has 19 heavy (non-hydrogen) atoms. The Bertz CT molecular complexity index is 544. The molecule has 0 unspecified atom stereocenters. The first-order valence-electron chi connectivity index (χ1n) is 6.32. The van der Waals surface area contributed by atoms with Crippen molar-refractivity contribution in [3.05, 3.63) is 11.4 Å². The molecule has 0 spiro atoms. The first-order chi connectivity index (χ1) is 9.26. The molecular weight excluding hydrogens is 262 g/mol. The number of aromatic nitrogens is 3. The van der Waals surface area contributed by atoms with Gasteiger partial charge in [0.05, 0.1) is 12.0 Å². The molecule has 2 aromatic rings. The SMILES string of the molecule is COc1csc(-c2nc(N3CCC(N)CC3)n[nH]2)c1. The van der Waals surface area contributed by atoms with Gasteiger partial charge in [-0.25, -0.2) is 0 Å². The second-order valence-electron chi connectivity index (χ2n) is 4.66. The molecule has 3 heterocycles. The van der Waals surface area contributed by atoms with Gasteiger partial charge in [-0.15, -0.1) is 16.4 Å². The van der Waals surface area contributed by atoms with Crippen molar-refractivity contribution in [2.24, 2.45) is 5.73 Å². The van der Waals surface area contributed by atoms with Gasteiger partial charge in [0.2, 0.25) is 5.95 Å². The third kappa shape index (κ3) is 2.57. The lowest BCUT2D eigenvalue weighted by Gasteiger charge is -2.28. The van der Waals surface area contributed by atoms with Gasteiger partial charge in [0.25, 0.3) is 0 Å². The quantitative estimate of drug-likeness (QED) is 0.889. The normalized spacial score (nSPS) is 16.8. The highest BCUT2D eigenvalue weighted by molar-refractivity contribution is 7.13. The Balaban J connectivity index is 1.75. The van der Waals surface area contributed by atoms with Crippen LogP contribution < -0.4 is 15.4 Å². The van der Waals surface area contributed by atoms with Crippen LogP contribution in [0.25, 0.3) is 10.7 Å². The summed E-state index contributed by atoms with van der Waals surface area (Å²) in [5.41, 5.74) is 5.90. The second kappa shape index (κ2) is 5.18. The summed E-state index contributed by atoms with van der Waals surface area (Å²) in [5.74, 6) is 2.40. The van der Waals surface area contributed by atoms with Crippen molar-refractivity contribution < 1.29 is 4.74 Å². The highest BCUT2D eigenvalue weighted by atomic mass is 32.1. The van der Waals surface area contributed by atoms with Crippen LogP contribution >= 0.6 is 11.3 Å². The average Bonchev–Trinajstić information content (AvgIpc) is 3.08. The number of aromatic amines is 1. The van der Waals surface area contributed by atoms with E-state index in [2.05, 4.69) is 20.1 Å². The van der Waals surface area contributed by atoms with Crippen molar-refractivity contribution in [1.82, 2.24) is 15.2 Å². The van der Waals surface area contributed by atoms with Gasteiger partial charge >= 0.3 is 0 Å². The van der Waals surface area contributed by atoms with Gasteiger partial charge in [-0.05, 0) is 12.8 Å². The van der Waals surface area contributed by atoms with Crippen molar-refractivity contribution in [3.8, 4) is 16.5 Å². The smallest absolute Gasteiger partial charge is 0.245 e. The number of hydrogen-bond donors (Lipinski definition) is 2. The minimum Gasteiger partial charge on any atom is -0.496 e. The average molecular weight is 279 g/mol. The van der Waals surface area contributed by atoms with Gasteiger partial charge in [0, 0.05) is 30.6 Å². The maximum atomic E-state index is 5.90. The van der Waals surface area contributed by atoms with Crippen molar-refractivity contribution in [1.29, 1.82) is 0 Å². The number of rotatable bonds is 3. The van der Waals surface area contributed by atoms with E-state index < -0.39 is 0 Å². The van der Waals surface area contributed by atoms with Crippen LogP contribution in [0.15, 0.2) is 11.4 Å². The van der Waals surface area contributed by atoms with E-state index in [1.165, 1.54) is 0 Å². The summed E-state index contributed by atoms with van der Waals surface area (Å²) in [6, 6.07) is 2.28. The number of nitrogens with two attached hydrogens (primary N) is 1. The molecule has 0 amide bonds. The Kier molecular flexibility index (Phi) is 3.39. The van der Waals surface area contributed by atoms with Crippen LogP contribution in [0.3, 0.4) is 0 Å². The number of methoxy groups -OCH3 is 1. The lowest BCUT2D eigenvalue weighted by Crippen LogP contribution is -2.40. The Morgan fingerprint density at radius 2 is 2.26 bits per heavy atom. The third-order valence-corrected chi connectivity index (χ3v) is 4.26. The van der Waals surface area contributed by atoms with Gasteiger partial charge in [-0.3, -0.25) is 5.10 Å². The van der Waals surface area contributed by atoms with Crippen molar-refractivity contribution in [2.75, 3.05) is 25.1 Å². The number of ether oxygens (including phenoxy) is 1. The molecule has 0 aromatic carbocycles. The third-order valence-electron chi connectivity index (χ3n) is 3.34. The van der Waals surface area contributed by atoms with E-state index in [4.69, 9.17) is 10.5 Å². The van der Waals surface area contributed by atoms with Crippen LogP contribution in [0.1, 0.15) is 12.8 Å². The van der Waals surface area contributed by atoms with E-state index in [1.807, 2.05) is 11.4 Å². The topological polar surface area (TPSA) is 80.1 Å².